The van der Waals surface area contributed by atoms with Crippen molar-refractivity contribution in [3.63, 3.8) is 0 Å². The third kappa shape index (κ3) is 6.63. The summed E-state index contributed by atoms with van der Waals surface area (Å²) in [5.74, 6) is 0. The largest absolute Gasteiger partial charge is 0.442 e. The average Bonchev–Trinajstić information content (AvgIpc) is 3.06. The highest BCUT2D eigenvalue weighted by Gasteiger charge is 1.93. The van der Waals surface area contributed by atoms with Crippen LogP contribution in [0.3, 0.4) is 0 Å². The number of aromatic amines is 1. The summed E-state index contributed by atoms with van der Waals surface area (Å²) in [5, 5.41) is 13.1. The number of methoxy groups -OCH3 is 2. The molecule has 124 valence electrons. The number of nitrogens with two attached hydrogens (primary N) is 1. The van der Waals surface area contributed by atoms with Gasteiger partial charge in [0.1, 0.15) is 5.52 Å². The predicted molar refractivity (Wildman–Crippen MR) is 82.3 cm³/mol. The molecule has 0 radical (unpaired) electrons. The third-order valence-electron chi connectivity index (χ3n) is 2.47. The normalized spacial score (nSPS) is 9.74. The highest BCUT2D eigenvalue weighted by atomic mass is 16.7. The van der Waals surface area contributed by atoms with Crippen LogP contribution in [0, 0.1) is 0 Å². The Morgan fingerprint density at radius 2 is 1.91 bits per heavy atom. The van der Waals surface area contributed by atoms with E-state index in [4.69, 9.17) is 10.2 Å². The molecule has 0 aromatic carbocycles. The molecule has 10 heteroatoms. The van der Waals surface area contributed by atoms with Gasteiger partial charge in [0.15, 0.2) is 18.3 Å². The zero-order valence-corrected chi connectivity index (χ0v) is 13.0. The van der Waals surface area contributed by atoms with Gasteiger partial charge in [0.2, 0.25) is 5.43 Å². The molecule has 3 aromatic rings. The van der Waals surface area contributed by atoms with Gasteiger partial charge in [0.25, 0.3) is 0 Å². The van der Waals surface area contributed by atoms with Crippen LogP contribution in [0.5, 0.6) is 0 Å². The fraction of sp³-hybridized carbons (Fsp3) is 0.308. The van der Waals surface area contributed by atoms with Crippen molar-refractivity contribution in [2.75, 3.05) is 20.0 Å². The maximum atomic E-state index is 10.4. The second kappa shape index (κ2) is 9.97. The van der Waals surface area contributed by atoms with Crippen LogP contribution in [0.4, 0.5) is 5.69 Å². The van der Waals surface area contributed by atoms with E-state index in [1.165, 1.54) is 18.8 Å². The fourth-order valence-electron chi connectivity index (χ4n) is 1.08. The highest BCUT2D eigenvalue weighted by Crippen LogP contribution is 2.05. The molecule has 0 saturated heterocycles. The van der Waals surface area contributed by atoms with Gasteiger partial charge in [-0.05, 0) is 6.92 Å². The molecule has 0 aliphatic rings. The number of rotatable bonds is 2. The van der Waals surface area contributed by atoms with Gasteiger partial charge in [-0.15, -0.1) is 0 Å². The van der Waals surface area contributed by atoms with Gasteiger partial charge in [0.05, 0.1) is 24.3 Å². The molecule has 0 bridgehead atoms. The smallest absolute Gasteiger partial charge is 0.222 e. The van der Waals surface area contributed by atoms with Gasteiger partial charge in [-0.3, -0.25) is 9.89 Å². The standard InChI is InChI=1S/C5H3N3O.C4H5N3O.C4H10O2/c1-4-5(2-8-7-1)9-3-6-4;5-3-1-6-7-2-4(3)8;1-4(5-2)6-3/h1-3H;1-2H,(H2,5,7)(H,6,8);4H,1-3H3. The summed E-state index contributed by atoms with van der Waals surface area (Å²) in [6.45, 7) is 1.83. The van der Waals surface area contributed by atoms with Crippen molar-refractivity contribution in [1.82, 2.24) is 25.4 Å². The van der Waals surface area contributed by atoms with Crippen LogP contribution in [-0.2, 0) is 9.47 Å². The summed E-state index contributed by atoms with van der Waals surface area (Å²) in [7, 11) is 3.21. The molecule has 23 heavy (non-hydrogen) atoms. The van der Waals surface area contributed by atoms with Crippen LogP contribution in [0.15, 0.2) is 40.4 Å². The Balaban J connectivity index is 0.000000177. The summed E-state index contributed by atoms with van der Waals surface area (Å²) >= 11 is 0. The van der Waals surface area contributed by atoms with Crippen molar-refractivity contribution in [3.8, 4) is 0 Å². The molecule has 0 saturated carbocycles. The first-order chi connectivity index (χ1) is 11.1. The molecule has 3 N–H and O–H groups in total. The third-order valence-corrected chi connectivity index (χ3v) is 2.47. The quantitative estimate of drug-likeness (QED) is 0.648. The number of anilines is 1. The van der Waals surface area contributed by atoms with Crippen LogP contribution in [0.2, 0.25) is 0 Å². The van der Waals surface area contributed by atoms with Gasteiger partial charge in [-0.2, -0.15) is 15.3 Å². The van der Waals surface area contributed by atoms with Crippen LogP contribution >= 0.6 is 0 Å². The second-order valence-corrected chi connectivity index (χ2v) is 3.98. The number of hydrogen-bond donors (Lipinski definition) is 2. The first-order valence-electron chi connectivity index (χ1n) is 6.42. The van der Waals surface area contributed by atoms with Crippen molar-refractivity contribution < 1.29 is 13.9 Å². The van der Waals surface area contributed by atoms with Crippen LogP contribution in [0.25, 0.3) is 11.1 Å². The zero-order chi connectivity index (χ0) is 17.1. The second-order valence-electron chi connectivity index (χ2n) is 3.98. The van der Waals surface area contributed by atoms with Crippen LogP contribution < -0.4 is 11.2 Å². The lowest BCUT2D eigenvalue weighted by Crippen LogP contribution is -2.07. The number of nitrogens with one attached hydrogen (secondary N) is 1. The Kier molecular flexibility index (Phi) is 7.89. The number of fused-ring (bicyclic) bond motifs is 1. The number of nitrogens with zero attached hydrogens (tertiary/aromatic N) is 4. The Labute approximate surface area is 131 Å². The Morgan fingerprint density at radius 1 is 1.22 bits per heavy atom. The molecule has 0 atom stereocenters. The number of oxazole rings is 1. The fourth-order valence-corrected chi connectivity index (χ4v) is 1.08. The minimum atomic E-state index is -0.247. The van der Waals surface area contributed by atoms with E-state index in [9.17, 15) is 4.79 Å². The Bertz CT molecular complexity index is 710. The summed E-state index contributed by atoms with van der Waals surface area (Å²) in [5.41, 5.74) is 6.50. The summed E-state index contributed by atoms with van der Waals surface area (Å²) in [4.78, 5) is 14.3. The van der Waals surface area contributed by atoms with Crippen molar-refractivity contribution in [2.24, 2.45) is 0 Å². The van der Waals surface area contributed by atoms with Crippen LogP contribution in [-0.4, -0.2) is 45.9 Å². The van der Waals surface area contributed by atoms with E-state index in [1.54, 1.807) is 20.4 Å². The van der Waals surface area contributed by atoms with Gasteiger partial charge in [-0.25, -0.2) is 4.98 Å². The summed E-state index contributed by atoms with van der Waals surface area (Å²) < 4.78 is 14.3. The van der Waals surface area contributed by atoms with Crippen molar-refractivity contribution in [2.45, 2.75) is 13.2 Å². The molecule has 3 rings (SSSR count). The Morgan fingerprint density at radius 3 is 2.39 bits per heavy atom. The lowest BCUT2D eigenvalue weighted by molar-refractivity contribution is -0.0877. The van der Waals surface area contributed by atoms with E-state index in [-0.39, 0.29) is 17.4 Å². The van der Waals surface area contributed by atoms with E-state index in [2.05, 4.69) is 34.9 Å². The first-order valence-corrected chi connectivity index (χ1v) is 6.42. The van der Waals surface area contributed by atoms with E-state index >= 15 is 0 Å². The molecule has 3 heterocycles. The van der Waals surface area contributed by atoms with Gasteiger partial charge >= 0.3 is 0 Å². The topological polar surface area (TPSA) is 142 Å². The van der Waals surface area contributed by atoms with Crippen molar-refractivity contribution in [3.05, 3.63) is 41.4 Å². The number of ether oxygens (including phenoxy) is 2. The summed E-state index contributed by atoms with van der Waals surface area (Å²) in [6, 6.07) is 0. The molecule has 3 aromatic heterocycles. The minimum Gasteiger partial charge on any atom is -0.442 e. The lowest BCUT2D eigenvalue weighted by Gasteiger charge is -2.03. The molecule has 0 fully saturated rings. The SMILES string of the molecule is COC(C)OC.Nc1c[nH]ncc1=O.c1nc2cnncc2o1. The summed E-state index contributed by atoms with van der Waals surface area (Å²) in [6.07, 6.45) is 6.87. The number of nitrogen functional groups attached to an aromatic ring is 1. The lowest BCUT2D eigenvalue weighted by atomic mass is 10.5. The van der Waals surface area contributed by atoms with Gasteiger partial charge < -0.3 is 19.6 Å². The first kappa shape index (κ1) is 18.2. The number of H-pyrrole nitrogens is 1. The maximum Gasteiger partial charge on any atom is 0.222 e. The highest BCUT2D eigenvalue weighted by molar-refractivity contribution is 5.68. The molecule has 0 spiro atoms. The molecule has 0 amide bonds. The van der Waals surface area contributed by atoms with Crippen molar-refractivity contribution in [1.29, 1.82) is 0 Å². The van der Waals surface area contributed by atoms with E-state index in [0.29, 0.717) is 5.58 Å². The molecule has 0 aliphatic carbocycles. The predicted octanol–water partition coefficient (Wildman–Crippen LogP) is 0.595. The molecule has 0 aliphatic heterocycles. The number of hydrogen-bond acceptors (Lipinski definition) is 9. The van der Waals surface area contributed by atoms with Crippen LogP contribution in [0.1, 0.15) is 6.92 Å². The molecule has 0 unspecified atom stereocenters. The number of aromatic nitrogens is 5. The van der Waals surface area contributed by atoms with Crippen molar-refractivity contribution >= 4 is 16.8 Å². The van der Waals surface area contributed by atoms with Gasteiger partial charge in [-0.1, -0.05) is 0 Å². The van der Waals surface area contributed by atoms with Gasteiger partial charge in [0, 0.05) is 20.4 Å². The minimum absolute atomic E-state index is 0.0648. The molecular formula is C13H18N6O4. The average molecular weight is 322 g/mol. The molecule has 10 nitrogen and oxygen atoms in total. The monoisotopic (exact) mass is 322 g/mol. The van der Waals surface area contributed by atoms with E-state index in [1.807, 2.05) is 6.92 Å². The molecular weight excluding hydrogens is 304 g/mol. The van der Waals surface area contributed by atoms with E-state index in [0.717, 1.165) is 11.7 Å². The maximum absolute atomic E-state index is 10.4. The van der Waals surface area contributed by atoms with E-state index < -0.39 is 0 Å². The Hall–Kier alpha value is -2.85. The zero-order valence-electron chi connectivity index (χ0n) is 13.0.